The van der Waals surface area contributed by atoms with Gasteiger partial charge in [0.15, 0.2) is 0 Å². The lowest BCUT2D eigenvalue weighted by Crippen LogP contribution is -2.47. The van der Waals surface area contributed by atoms with Crippen molar-refractivity contribution in [2.75, 3.05) is 0 Å². The van der Waals surface area contributed by atoms with E-state index in [1.54, 1.807) is 0 Å². The molecule has 0 spiro atoms. The van der Waals surface area contributed by atoms with Crippen LogP contribution in [0.5, 0.6) is 0 Å². The van der Waals surface area contributed by atoms with Gasteiger partial charge in [-0.1, -0.05) is 20.8 Å². The van der Waals surface area contributed by atoms with Gasteiger partial charge in [-0.15, -0.1) is 0 Å². The largest absolute Gasteiger partial charge is 0.271 e. The van der Waals surface area contributed by atoms with Crippen LogP contribution in [0.4, 0.5) is 0 Å². The fourth-order valence-electron chi connectivity index (χ4n) is 1.54. The minimum absolute atomic E-state index is 0.170. The number of nitrogens with zero attached hydrogens (tertiary/aromatic N) is 1. The van der Waals surface area contributed by atoms with Crippen molar-refractivity contribution in [3.8, 4) is 0 Å². The number of nitrogens with two attached hydrogens (primary N) is 1. The number of hydrogen-bond acceptors (Lipinski definition) is 3. The molecule has 16 heavy (non-hydrogen) atoms. The molecule has 0 bridgehead atoms. The van der Waals surface area contributed by atoms with Gasteiger partial charge >= 0.3 is 0 Å². The van der Waals surface area contributed by atoms with E-state index in [0.29, 0.717) is 0 Å². The van der Waals surface area contributed by atoms with Crippen LogP contribution in [0.25, 0.3) is 0 Å². The zero-order valence-corrected chi connectivity index (χ0v) is 11.7. The van der Waals surface area contributed by atoms with Crippen molar-refractivity contribution < 1.29 is 0 Å². The maximum atomic E-state index is 5.63. The molecule has 4 heteroatoms. The molecule has 0 saturated heterocycles. The van der Waals surface area contributed by atoms with E-state index < -0.39 is 0 Å². The molecule has 0 fully saturated rings. The molecule has 1 heterocycles. The summed E-state index contributed by atoms with van der Waals surface area (Å²) in [4.78, 5) is 4.37. The number of hydrazine groups is 1. The summed E-state index contributed by atoms with van der Waals surface area (Å²) in [5.41, 5.74) is 4.14. The maximum absolute atomic E-state index is 5.63. The molecule has 0 aliphatic carbocycles. The van der Waals surface area contributed by atoms with Crippen LogP contribution in [0.2, 0.25) is 0 Å². The Hall–Kier alpha value is -0.450. The van der Waals surface area contributed by atoms with Gasteiger partial charge in [-0.2, -0.15) is 0 Å². The van der Waals surface area contributed by atoms with E-state index in [0.717, 1.165) is 23.0 Å². The average molecular weight is 286 g/mol. The summed E-state index contributed by atoms with van der Waals surface area (Å²) in [7, 11) is 0. The molecule has 1 rings (SSSR count). The van der Waals surface area contributed by atoms with Crippen molar-refractivity contribution in [1.29, 1.82) is 0 Å². The summed E-state index contributed by atoms with van der Waals surface area (Å²) in [6, 6.07) is 4.28. The third-order valence-corrected chi connectivity index (χ3v) is 3.73. The van der Waals surface area contributed by atoms with Crippen LogP contribution in [0.15, 0.2) is 22.8 Å². The van der Waals surface area contributed by atoms with Crippen LogP contribution in [0.3, 0.4) is 0 Å². The molecule has 0 saturated carbocycles. The highest BCUT2D eigenvalue weighted by Crippen LogP contribution is 2.26. The summed E-state index contributed by atoms with van der Waals surface area (Å²) >= 11 is 3.38. The van der Waals surface area contributed by atoms with E-state index >= 15 is 0 Å². The molecule has 3 nitrogen and oxygen atoms in total. The van der Waals surface area contributed by atoms with E-state index in [4.69, 9.17) is 5.84 Å². The average Bonchev–Trinajstić information content (AvgIpc) is 2.28. The molecule has 0 radical (unpaired) electrons. The van der Waals surface area contributed by atoms with Crippen molar-refractivity contribution in [3.63, 3.8) is 0 Å². The quantitative estimate of drug-likeness (QED) is 0.646. The van der Waals surface area contributed by atoms with Crippen LogP contribution in [0.1, 0.15) is 32.9 Å². The van der Waals surface area contributed by atoms with Crippen molar-refractivity contribution in [1.82, 2.24) is 10.4 Å². The molecule has 90 valence electrons. The molecule has 0 amide bonds. The fraction of sp³-hybridized carbons (Fsp3) is 0.583. The Balaban J connectivity index is 2.74. The number of aromatic nitrogens is 1. The third-order valence-electron chi connectivity index (χ3n) is 3.26. The number of hydrogen-bond donors (Lipinski definition) is 2. The van der Waals surface area contributed by atoms with Gasteiger partial charge in [0.05, 0.1) is 0 Å². The van der Waals surface area contributed by atoms with E-state index in [1.165, 1.54) is 0 Å². The Morgan fingerprint density at radius 3 is 2.62 bits per heavy atom. The van der Waals surface area contributed by atoms with Crippen molar-refractivity contribution in [3.05, 3.63) is 28.5 Å². The smallest absolute Gasteiger partial charge is 0.0420 e. The van der Waals surface area contributed by atoms with Gasteiger partial charge in [0.25, 0.3) is 0 Å². The highest BCUT2D eigenvalue weighted by atomic mass is 79.9. The molecule has 1 unspecified atom stereocenters. The third kappa shape index (κ3) is 3.54. The highest BCUT2D eigenvalue weighted by molar-refractivity contribution is 9.10. The molecule has 3 N–H and O–H groups in total. The maximum Gasteiger partial charge on any atom is 0.0420 e. The van der Waals surface area contributed by atoms with Gasteiger partial charge in [0, 0.05) is 28.8 Å². The Kier molecular flexibility index (Phi) is 4.89. The first-order valence-electron chi connectivity index (χ1n) is 5.56. The Labute approximate surface area is 106 Å². The standard InChI is InChI=1S/C12H20BrN3/c1-4-12(2,3)11(16-14)7-10-6-5-9(13)8-15-10/h5-6,8,11,16H,4,7,14H2,1-3H3. The van der Waals surface area contributed by atoms with Gasteiger partial charge in [-0.25, -0.2) is 0 Å². The molecule has 1 aromatic heterocycles. The molecule has 1 aromatic rings. The summed E-state index contributed by atoms with van der Waals surface area (Å²) in [5.74, 6) is 5.63. The lowest BCUT2D eigenvalue weighted by molar-refractivity contribution is 0.230. The van der Waals surface area contributed by atoms with Crippen LogP contribution < -0.4 is 11.3 Å². The predicted molar refractivity (Wildman–Crippen MR) is 70.8 cm³/mol. The summed E-state index contributed by atoms with van der Waals surface area (Å²) < 4.78 is 1.00. The Morgan fingerprint density at radius 2 is 2.19 bits per heavy atom. The summed E-state index contributed by atoms with van der Waals surface area (Å²) in [6.45, 7) is 6.62. The molecule has 0 aliphatic heterocycles. The minimum atomic E-state index is 0.170. The lowest BCUT2D eigenvalue weighted by atomic mass is 9.80. The molecular weight excluding hydrogens is 266 g/mol. The van der Waals surface area contributed by atoms with E-state index in [-0.39, 0.29) is 11.5 Å². The summed E-state index contributed by atoms with van der Waals surface area (Å²) in [6.07, 6.45) is 3.75. The minimum Gasteiger partial charge on any atom is -0.271 e. The van der Waals surface area contributed by atoms with Crippen LogP contribution in [-0.2, 0) is 6.42 Å². The van der Waals surface area contributed by atoms with Crippen LogP contribution in [0, 0.1) is 5.41 Å². The number of pyridine rings is 1. The second-order valence-corrected chi connectivity index (χ2v) is 5.65. The van der Waals surface area contributed by atoms with E-state index in [1.807, 2.05) is 18.3 Å². The van der Waals surface area contributed by atoms with Gasteiger partial charge in [-0.3, -0.25) is 16.3 Å². The highest BCUT2D eigenvalue weighted by Gasteiger charge is 2.27. The zero-order valence-electron chi connectivity index (χ0n) is 10.1. The Bertz CT molecular complexity index is 322. The van der Waals surface area contributed by atoms with Gasteiger partial charge < -0.3 is 0 Å². The summed E-state index contributed by atoms with van der Waals surface area (Å²) in [5, 5.41) is 0. The van der Waals surface area contributed by atoms with Crippen molar-refractivity contribution in [2.24, 2.45) is 11.3 Å². The lowest BCUT2D eigenvalue weighted by Gasteiger charge is -2.32. The first-order valence-corrected chi connectivity index (χ1v) is 6.35. The molecular formula is C12H20BrN3. The number of halogens is 1. The molecule has 0 aliphatic rings. The first-order chi connectivity index (χ1) is 7.49. The van der Waals surface area contributed by atoms with Gasteiger partial charge in [0.1, 0.15) is 0 Å². The number of nitrogens with one attached hydrogen (secondary N) is 1. The van der Waals surface area contributed by atoms with Crippen LogP contribution in [-0.4, -0.2) is 11.0 Å². The predicted octanol–water partition coefficient (Wildman–Crippen LogP) is 2.65. The second kappa shape index (κ2) is 5.75. The second-order valence-electron chi connectivity index (χ2n) is 4.73. The first kappa shape index (κ1) is 13.6. The fourth-order valence-corrected chi connectivity index (χ4v) is 1.78. The van der Waals surface area contributed by atoms with Gasteiger partial charge in [-0.05, 0) is 39.9 Å². The zero-order chi connectivity index (χ0) is 12.2. The number of rotatable bonds is 5. The van der Waals surface area contributed by atoms with Gasteiger partial charge in [0.2, 0.25) is 0 Å². The topological polar surface area (TPSA) is 50.9 Å². The van der Waals surface area contributed by atoms with Crippen LogP contribution >= 0.6 is 15.9 Å². The van der Waals surface area contributed by atoms with Crippen molar-refractivity contribution >= 4 is 15.9 Å². The normalized spacial score (nSPS) is 13.8. The van der Waals surface area contributed by atoms with E-state index in [9.17, 15) is 0 Å². The molecule has 1 atom stereocenters. The molecule has 0 aromatic carbocycles. The van der Waals surface area contributed by atoms with E-state index in [2.05, 4.69) is 47.1 Å². The Morgan fingerprint density at radius 1 is 1.50 bits per heavy atom. The monoisotopic (exact) mass is 285 g/mol. The SMILES string of the molecule is CCC(C)(C)C(Cc1ccc(Br)cn1)NN. The van der Waals surface area contributed by atoms with Crippen molar-refractivity contribution in [2.45, 2.75) is 39.7 Å².